The summed E-state index contributed by atoms with van der Waals surface area (Å²) in [6, 6.07) is 0. The number of alkyl halides is 1. The minimum Gasteiger partial charge on any atom is -0.123 e. The molecule has 1 aliphatic carbocycles. The number of hydrogen-bond acceptors (Lipinski definition) is 0. The standard InChI is InChI=1S/C7H12Cl/c1-2-6-3-4-7(8)5-6/h6-7H,1-5H2. The molecule has 1 heteroatoms. The van der Waals surface area contributed by atoms with Crippen LogP contribution >= 0.6 is 11.6 Å². The highest BCUT2D eigenvalue weighted by atomic mass is 35.5. The molecule has 0 nitrogen and oxygen atoms in total. The van der Waals surface area contributed by atoms with E-state index in [-0.39, 0.29) is 0 Å². The van der Waals surface area contributed by atoms with Crippen molar-refractivity contribution < 1.29 is 0 Å². The maximum absolute atomic E-state index is 5.86. The van der Waals surface area contributed by atoms with Gasteiger partial charge in [-0.2, -0.15) is 0 Å². The summed E-state index contributed by atoms with van der Waals surface area (Å²) in [7, 11) is 0. The summed E-state index contributed by atoms with van der Waals surface area (Å²) in [5, 5.41) is 0.460. The van der Waals surface area contributed by atoms with Crippen LogP contribution in [0.15, 0.2) is 0 Å². The topological polar surface area (TPSA) is 0 Å². The van der Waals surface area contributed by atoms with Gasteiger partial charge in [0, 0.05) is 5.38 Å². The van der Waals surface area contributed by atoms with Gasteiger partial charge in [0.15, 0.2) is 0 Å². The smallest absolute Gasteiger partial charge is 0.0338 e. The average Bonchev–Trinajstić information content (AvgIpc) is 2.14. The first kappa shape index (κ1) is 6.41. The molecule has 8 heavy (non-hydrogen) atoms. The maximum atomic E-state index is 5.86. The quantitative estimate of drug-likeness (QED) is 0.480. The highest BCUT2D eigenvalue weighted by molar-refractivity contribution is 6.20. The van der Waals surface area contributed by atoms with Crippen molar-refractivity contribution in [3.63, 3.8) is 0 Å². The van der Waals surface area contributed by atoms with Gasteiger partial charge < -0.3 is 0 Å². The fourth-order valence-corrected chi connectivity index (χ4v) is 1.65. The predicted molar refractivity (Wildman–Crippen MR) is 37.0 cm³/mol. The average molecular weight is 132 g/mol. The van der Waals surface area contributed by atoms with Gasteiger partial charge in [-0.3, -0.25) is 0 Å². The van der Waals surface area contributed by atoms with E-state index in [2.05, 4.69) is 6.92 Å². The summed E-state index contributed by atoms with van der Waals surface area (Å²) < 4.78 is 0. The summed E-state index contributed by atoms with van der Waals surface area (Å²) in [5.74, 6) is 0.831. The first-order valence-corrected chi connectivity index (χ1v) is 3.70. The largest absolute Gasteiger partial charge is 0.123 e. The van der Waals surface area contributed by atoms with Gasteiger partial charge in [-0.25, -0.2) is 0 Å². The second-order valence-electron chi connectivity index (χ2n) is 2.57. The second-order valence-corrected chi connectivity index (χ2v) is 3.18. The minimum atomic E-state index is 0.460. The lowest BCUT2D eigenvalue weighted by atomic mass is 10.1. The van der Waals surface area contributed by atoms with Gasteiger partial charge >= 0.3 is 0 Å². The van der Waals surface area contributed by atoms with Crippen LogP contribution < -0.4 is 0 Å². The summed E-state index contributed by atoms with van der Waals surface area (Å²) in [4.78, 5) is 0. The van der Waals surface area contributed by atoms with E-state index < -0.39 is 0 Å². The van der Waals surface area contributed by atoms with Crippen LogP contribution in [0.4, 0.5) is 0 Å². The lowest BCUT2D eigenvalue weighted by Gasteiger charge is -2.01. The van der Waals surface area contributed by atoms with Gasteiger partial charge in [0.05, 0.1) is 0 Å². The molecule has 2 atom stereocenters. The van der Waals surface area contributed by atoms with Crippen molar-refractivity contribution in [3.05, 3.63) is 6.92 Å². The van der Waals surface area contributed by atoms with Crippen LogP contribution in [0.1, 0.15) is 25.7 Å². The summed E-state index contributed by atoms with van der Waals surface area (Å²) >= 11 is 5.86. The van der Waals surface area contributed by atoms with Gasteiger partial charge in [0.1, 0.15) is 0 Å². The monoisotopic (exact) mass is 131 g/mol. The fraction of sp³-hybridized carbons (Fsp3) is 0.857. The third-order valence-corrected chi connectivity index (χ3v) is 2.28. The molecular formula is C7H12Cl. The van der Waals surface area contributed by atoms with E-state index >= 15 is 0 Å². The Morgan fingerprint density at radius 3 is 2.50 bits per heavy atom. The zero-order valence-corrected chi connectivity index (χ0v) is 5.82. The van der Waals surface area contributed by atoms with Crippen LogP contribution in [0.2, 0.25) is 0 Å². The molecule has 0 aromatic carbocycles. The van der Waals surface area contributed by atoms with E-state index in [9.17, 15) is 0 Å². The first-order valence-electron chi connectivity index (χ1n) is 3.26. The van der Waals surface area contributed by atoms with Crippen molar-refractivity contribution in [1.29, 1.82) is 0 Å². The van der Waals surface area contributed by atoms with Gasteiger partial charge in [-0.05, 0) is 25.2 Å². The molecule has 0 spiro atoms. The van der Waals surface area contributed by atoms with Crippen molar-refractivity contribution in [1.82, 2.24) is 0 Å². The van der Waals surface area contributed by atoms with Crippen molar-refractivity contribution >= 4 is 11.6 Å². The minimum absolute atomic E-state index is 0.460. The van der Waals surface area contributed by atoms with E-state index in [0.717, 1.165) is 12.3 Å². The Balaban J connectivity index is 2.22. The van der Waals surface area contributed by atoms with Gasteiger partial charge in [-0.15, -0.1) is 11.6 Å². The van der Waals surface area contributed by atoms with Crippen LogP contribution in [0.5, 0.6) is 0 Å². The molecule has 1 saturated carbocycles. The Morgan fingerprint density at radius 2 is 2.25 bits per heavy atom. The molecule has 47 valence electrons. The molecule has 2 unspecified atom stereocenters. The molecule has 0 N–H and O–H groups in total. The van der Waals surface area contributed by atoms with Gasteiger partial charge in [-0.1, -0.05) is 13.3 Å². The van der Waals surface area contributed by atoms with E-state index in [4.69, 9.17) is 11.6 Å². The van der Waals surface area contributed by atoms with Crippen LogP contribution in [0, 0.1) is 12.8 Å². The van der Waals surface area contributed by atoms with Crippen LogP contribution in [0.25, 0.3) is 0 Å². The van der Waals surface area contributed by atoms with Gasteiger partial charge in [0.2, 0.25) is 0 Å². The lowest BCUT2D eigenvalue weighted by Crippen LogP contribution is -1.91. The summed E-state index contributed by atoms with van der Waals surface area (Å²) in [5.41, 5.74) is 0. The fourth-order valence-electron chi connectivity index (χ4n) is 1.28. The third kappa shape index (κ3) is 1.38. The zero-order chi connectivity index (χ0) is 5.98. The molecule has 1 aliphatic rings. The van der Waals surface area contributed by atoms with E-state index in [0.29, 0.717) is 5.38 Å². The number of hydrogen-bond donors (Lipinski definition) is 0. The Labute approximate surface area is 56.2 Å². The Kier molecular flexibility index (Phi) is 2.18. The molecule has 1 fully saturated rings. The summed E-state index contributed by atoms with van der Waals surface area (Å²) in [6.45, 7) is 3.84. The number of rotatable bonds is 1. The van der Waals surface area contributed by atoms with E-state index in [1.165, 1.54) is 19.3 Å². The Bertz CT molecular complexity index is 70.8. The SMILES string of the molecule is [CH2]CC1CCC(Cl)C1. The van der Waals surface area contributed by atoms with Crippen molar-refractivity contribution in [2.45, 2.75) is 31.1 Å². The van der Waals surface area contributed by atoms with Crippen LogP contribution in [-0.2, 0) is 0 Å². The molecule has 0 aromatic heterocycles. The molecular weight excluding hydrogens is 120 g/mol. The van der Waals surface area contributed by atoms with Crippen molar-refractivity contribution in [2.24, 2.45) is 5.92 Å². The second kappa shape index (κ2) is 2.72. The van der Waals surface area contributed by atoms with Crippen molar-refractivity contribution in [2.75, 3.05) is 0 Å². The Morgan fingerprint density at radius 1 is 1.50 bits per heavy atom. The predicted octanol–water partition coefficient (Wildman–Crippen LogP) is 2.62. The number of halogens is 1. The molecule has 1 radical (unpaired) electrons. The molecule has 0 amide bonds. The normalized spacial score (nSPS) is 38.2. The molecule has 0 aromatic rings. The van der Waals surface area contributed by atoms with Crippen molar-refractivity contribution in [3.8, 4) is 0 Å². The highest BCUT2D eigenvalue weighted by Crippen LogP contribution is 2.30. The lowest BCUT2D eigenvalue weighted by molar-refractivity contribution is 0.557. The Hall–Kier alpha value is 0.290. The molecule has 0 heterocycles. The zero-order valence-electron chi connectivity index (χ0n) is 5.07. The van der Waals surface area contributed by atoms with E-state index in [1.54, 1.807) is 0 Å². The van der Waals surface area contributed by atoms with Gasteiger partial charge in [0.25, 0.3) is 0 Å². The summed E-state index contributed by atoms with van der Waals surface area (Å²) in [6.07, 6.45) is 4.79. The van der Waals surface area contributed by atoms with Crippen LogP contribution in [0.3, 0.4) is 0 Å². The highest BCUT2D eigenvalue weighted by Gasteiger charge is 2.20. The molecule has 0 aliphatic heterocycles. The molecule has 1 rings (SSSR count). The first-order chi connectivity index (χ1) is 3.83. The maximum Gasteiger partial charge on any atom is 0.0338 e. The third-order valence-electron chi connectivity index (χ3n) is 1.89. The van der Waals surface area contributed by atoms with E-state index in [1.807, 2.05) is 0 Å². The molecule has 0 bridgehead atoms. The van der Waals surface area contributed by atoms with Crippen LogP contribution in [-0.4, -0.2) is 5.38 Å². The molecule has 0 saturated heterocycles.